The molecule has 0 unspecified atom stereocenters. The molecule has 0 spiro atoms. The number of benzene rings is 1. The van der Waals surface area contributed by atoms with Gasteiger partial charge in [-0.25, -0.2) is 4.98 Å². The molecule has 0 aliphatic heterocycles. The van der Waals surface area contributed by atoms with Crippen molar-refractivity contribution >= 4 is 46.7 Å². The number of aromatic nitrogens is 1. The Labute approximate surface area is 191 Å². The fourth-order valence-electron chi connectivity index (χ4n) is 2.80. The van der Waals surface area contributed by atoms with Crippen LogP contribution < -0.4 is 16.0 Å². The molecular formula is C21H35IN6O. The molecule has 29 heavy (non-hydrogen) atoms. The van der Waals surface area contributed by atoms with Crippen molar-refractivity contribution in [3.63, 3.8) is 0 Å². The molecule has 1 heterocycles. The van der Waals surface area contributed by atoms with E-state index in [1.165, 1.54) is 0 Å². The number of hydrogen-bond donors (Lipinski definition) is 3. The normalized spacial score (nSPS) is 11.4. The summed E-state index contributed by atoms with van der Waals surface area (Å²) in [4.78, 5) is 11.6. The van der Waals surface area contributed by atoms with Crippen molar-refractivity contribution in [2.75, 3.05) is 65.3 Å². The molecule has 0 aliphatic rings. The lowest BCUT2D eigenvalue weighted by Crippen LogP contribution is -2.40. The number of likely N-dealkylation sites (N-methyl/N-ethyl adjacent to an activating group) is 1. The van der Waals surface area contributed by atoms with Crippen LogP contribution in [0.15, 0.2) is 41.4 Å². The number of halogens is 1. The van der Waals surface area contributed by atoms with Crippen LogP contribution in [0.4, 0.5) is 5.82 Å². The number of aliphatic imine (C=N–C) groups is 1. The summed E-state index contributed by atoms with van der Waals surface area (Å²) in [5.74, 6) is 1.74. The highest BCUT2D eigenvalue weighted by atomic mass is 127. The SMILES string of the molecule is CCNC(=NCCN(C)CCCOC)NCCNc1ccc2ccccc2n1.I. The maximum atomic E-state index is 5.09. The first kappa shape index (κ1) is 25.4. The maximum Gasteiger partial charge on any atom is 0.191 e. The van der Waals surface area contributed by atoms with E-state index in [0.29, 0.717) is 0 Å². The van der Waals surface area contributed by atoms with Crippen LogP contribution in [0.2, 0.25) is 0 Å². The van der Waals surface area contributed by atoms with E-state index in [0.717, 1.165) is 75.0 Å². The van der Waals surface area contributed by atoms with E-state index in [4.69, 9.17) is 4.74 Å². The van der Waals surface area contributed by atoms with Crippen molar-refractivity contribution < 1.29 is 4.74 Å². The van der Waals surface area contributed by atoms with Crippen molar-refractivity contribution in [2.45, 2.75) is 13.3 Å². The molecule has 0 atom stereocenters. The number of nitrogens with one attached hydrogen (secondary N) is 3. The van der Waals surface area contributed by atoms with Crippen LogP contribution in [0.5, 0.6) is 0 Å². The minimum atomic E-state index is 0. The number of para-hydroxylation sites is 1. The second-order valence-corrected chi connectivity index (χ2v) is 6.65. The third-order valence-corrected chi connectivity index (χ3v) is 4.31. The van der Waals surface area contributed by atoms with Crippen molar-refractivity contribution in [2.24, 2.45) is 4.99 Å². The lowest BCUT2D eigenvalue weighted by molar-refractivity contribution is 0.180. The van der Waals surface area contributed by atoms with Gasteiger partial charge in [0.2, 0.25) is 0 Å². The topological polar surface area (TPSA) is 73.8 Å². The average molecular weight is 514 g/mol. The van der Waals surface area contributed by atoms with Crippen LogP contribution in [0, 0.1) is 0 Å². The molecule has 0 fully saturated rings. The van der Waals surface area contributed by atoms with Gasteiger partial charge in [0.1, 0.15) is 5.82 Å². The van der Waals surface area contributed by atoms with Gasteiger partial charge in [-0.05, 0) is 38.6 Å². The molecule has 8 heteroatoms. The predicted molar refractivity (Wildman–Crippen MR) is 134 cm³/mol. The summed E-state index contributed by atoms with van der Waals surface area (Å²) in [6.45, 7) is 7.97. The number of nitrogens with zero attached hydrogens (tertiary/aromatic N) is 3. The Morgan fingerprint density at radius 2 is 1.93 bits per heavy atom. The Morgan fingerprint density at radius 3 is 2.72 bits per heavy atom. The average Bonchev–Trinajstić information content (AvgIpc) is 2.71. The van der Waals surface area contributed by atoms with Gasteiger partial charge in [-0.1, -0.05) is 18.2 Å². The number of rotatable bonds is 12. The van der Waals surface area contributed by atoms with E-state index in [2.05, 4.69) is 56.9 Å². The van der Waals surface area contributed by atoms with Gasteiger partial charge in [0, 0.05) is 51.8 Å². The summed E-state index contributed by atoms with van der Waals surface area (Å²) in [5, 5.41) is 11.2. The number of hydrogen-bond acceptors (Lipinski definition) is 5. The first-order valence-corrected chi connectivity index (χ1v) is 10.0. The van der Waals surface area contributed by atoms with Crippen LogP contribution in [0.1, 0.15) is 13.3 Å². The minimum absolute atomic E-state index is 0. The van der Waals surface area contributed by atoms with Crippen molar-refractivity contribution in [1.82, 2.24) is 20.5 Å². The Bertz CT molecular complexity index is 727. The number of anilines is 1. The van der Waals surface area contributed by atoms with Crippen LogP contribution in [-0.2, 0) is 4.74 Å². The van der Waals surface area contributed by atoms with Crippen molar-refractivity contribution in [3.8, 4) is 0 Å². The second kappa shape index (κ2) is 15.2. The van der Waals surface area contributed by atoms with Gasteiger partial charge in [0.15, 0.2) is 5.96 Å². The highest BCUT2D eigenvalue weighted by Crippen LogP contribution is 2.13. The first-order chi connectivity index (χ1) is 13.7. The maximum absolute atomic E-state index is 5.09. The van der Waals surface area contributed by atoms with Gasteiger partial charge in [-0.2, -0.15) is 0 Å². The molecule has 0 saturated heterocycles. The fourth-order valence-corrected chi connectivity index (χ4v) is 2.80. The first-order valence-electron chi connectivity index (χ1n) is 10.0. The van der Waals surface area contributed by atoms with E-state index in [-0.39, 0.29) is 24.0 Å². The van der Waals surface area contributed by atoms with Crippen LogP contribution in [-0.4, -0.2) is 75.9 Å². The smallest absolute Gasteiger partial charge is 0.191 e. The van der Waals surface area contributed by atoms with Crippen molar-refractivity contribution in [3.05, 3.63) is 36.4 Å². The Morgan fingerprint density at radius 1 is 1.10 bits per heavy atom. The molecule has 1 aromatic heterocycles. The highest BCUT2D eigenvalue weighted by Gasteiger charge is 2.01. The number of fused-ring (bicyclic) bond motifs is 1. The highest BCUT2D eigenvalue weighted by molar-refractivity contribution is 14.0. The predicted octanol–water partition coefficient (Wildman–Crippen LogP) is 2.79. The van der Waals surface area contributed by atoms with Gasteiger partial charge in [0.05, 0.1) is 12.1 Å². The van der Waals surface area contributed by atoms with E-state index in [9.17, 15) is 0 Å². The third kappa shape index (κ3) is 10.1. The van der Waals surface area contributed by atoms with Crippen LogP contribution in [0.25, 0.3) is 10.9 Å². The molecule has 162 valence electrons. The van der Waals surface area contributed by atoms with Crippen molar-refractivity contribution in [1.29, 1.82) is 0 Å². The molecular weight excluding hydrogens is 479 g/mol. The zero-order chi connectivity index (χ0) is 20.0. The lowest BCUT2D eigenvalue weighted by atomic mass is 10.2. The molecule has 0 amide bonds. The van der Waals surface area contributed by atoms with E-state index >= 15 is 0 Å². The molecule has 3 N–H and O–H groups in total. The summed E-state index contributed by atoms with van der Waals surface area (Å²) in [7, 11) is 3.86. The standard InChI is InChI=1S/C21H34N6O.HI/c1-4-22-21(25-14-16-27(2)15-7-17-28-3)24-13-12-23-20-11-10-18-8-5-6-9-19(18)26-20;/h5-6,8-11H,4,7,12-17H2,1-3H3,(H,23,26)(H2,22,24,25);1H. The van der Waals surface area contributed by atoms with Crippen LogP contribution >= 0.6 is 24.0 Å². The monoisotopic (exact) mass is 514 g/mol. The van der Waals surface area contributed by atoms with Crippen LogP contribution in [0.3, 0.4) is 0 Å². The molecule has 7 nitrogen and oxygen atoms in total. The molecule has 0 aliphatic carbocycles. The molecule has 2 aromatic rings. The summed E-state index contributed by atoms with van der Waals surface area (Å²) < 4.78 is 5.09. The quantitative estimate of drug-likeness (QED) is 0.175. The number of methoxy groups -OCH3 is 1. The van der Waals surface area contributed by atoms with E-state index in [1.807, 2.05) is 24.3 Å². The lowest BCUT2D eigenvalue weighted by Gasteiger charge is -2.16. The zero-order valence-corrected chi connectivity index (χ0v) is 20.1. The third-order valence-electron chi connectivity index (χ3n) is 4.31. The minimum Gasteiger partial charge on any atom is -0.385 e. The molecule has 0 radical (unpaired) electrons. The summed E-state index contributed by atoms with van der Waals surface area (Å²) in [6.07, 6.45) is 1.05. The summed E-state index contributed by atoms with van der Waals surface area (Å²) in [6, 6.07) is 12.2. The van der Waals surface area contributed by atoms with E-state index in [1.54, 1.807) is 7.11 Å². The Kier molecular flexibility index (Phi) is 13.3. The van der Waals surface area contributed by atoms with Gasteiger partial charge < -0.3 is 25.6 Å². The van der Waals surface area contributed by atoms with Gasteiger partial charge >= 0.3 is 0 Å². The second-order valence-electron chi connectivity index (χ2n) is 6.65. The molecule has 0 bridgehead atoms. The Balaban J connectivity index is 0.00000420. The van der Waals surface area contributed by atoms with E-state index < -0.39 is 0 Å². The number of ether oxygens (including phenoxy) is 1. The summed E-state index contributed by atoms with van der Waals surface area (Å²) >= 11 is 0. The Hall–Kier alpha value is -1.65. The molecule has 2 rings (SSSR count). The molecule has 1 aromatic carbocycles. The zero-order valence-electron chi connectivity index (χ0n) is 17.8. The molecule has 0 saturated carbocycles. The van der Waals surface area contributed by atoms with Gasteiger partial charge in [-0.3, -0.25) is 4.99 Å². The largest absolute Gasteiger partial charge is 0.385 e. The van der Waals surface area contributed by atoms with Gasteiger partial charge in [-0.15, -0.1) is 24.0 Å². The summed E-state index contributed by atoms with van der Waals surface area (Å²) in [5.41, 5.74) is 1.00. The number of pyridine rings is 1. The fraction of sp³-hybridized carbons (Fsp3) is 0.524. The van der Waals surface area contributed by atoms with Gasteiger partial charge in [0.25, 0.3) is 0 Å². The number of guanidine groups is 1.